The predicted octanol–water partition coefficient (Wildman–Crippen LogP) is 3.36. The second kappa shape index (κ2) is 5.19. The lowest BCUT2D eigenvalue weighted by atomic mass is 10.1. The predicted molar refractivity (Wildman–Crippen MR) is 73.5 cm³/mol. The fourth-order valence-electron chi connectivity index (χ4n) is 2.06. The van der Waals surface area contributed by atoms with E-state index in [0.717, 1.165) is 16.8 Å². The van der Waals surface area contributed by atoms with Crippen LogP contribution in [0.4, 0.5) is 15.8 Å². The van der Waals surface area contributed by atoms with E-state index >= 15 is 0 Å². The van der Waals surface area contributed by atoms with E-state index in [0.29, 0.717) is 12.2 Å². The van der Waals surface area contributed by atoms with Crippen molar-refractivity contribution in [2.45, 2.75) is 13.5 Å². The molecule has 2 rings (SSSR count). The number of para-hydroxylation sites is 1. The van der Waals surface area contributed by atoms with Gasteiger partial charge in [0, 0.05) is 19.3 Å². The number of benzene rings is 2. The molecule has 18 heavy (non-hydrogen) atoms. The molecule has 0 atom stereocenters. The molecule has 0 aliphatic carbocycles. The highest BCUT2D eigenvalue weighted by Gasteiger charge is 2.11. The summed E-state index contributed by atoms with van der Waals surface area (Å²) in [5, 5.41) is 0. The second-order valence-corrected chi connectivity index (χ2v) is 4.35. The highest BCUT2D eigenvalue weighted by atomic mass is 19.1. The van der Waals surface area contributed by atoms with Gasteiger partial charge in [0.1, 0.15) is 5.82 Å². The Morgan fingerprint density at radius 1 is 1.11 bits per heavy atom. The van der Waals surface area contributed by atoms with Gasteiger partial charge in [-0.2, -0.15) is 0 Å². The molecule has 0 bridgehead atoms. The molecule has 0 radical (unpaired) electrons. The molecule has 0 unspecified atom stereocenters. The summed E-state index contributed by atoms with van der Waals surface area (Å²) in [6, 6.07) is 12.7. The van der Waals surface area contributed by atoms with Crippen LogP contribution in [0.25, 0.3) is 0 Å². The normalized spacial score (nSPS) is 10.4. The first-order valence-electron chi connectivity index (χ1n) is 5.91. The van der Waals surface area contributed by atoms with Crippen molar-refractivity contribution in [3.05, 3.63) is 59.4 Å². The first kappa shape index (κ1) is 12.6. The highest BCUT2D eigenvalue weighted by molar-refractivity contribution is 5.66. The van der Waals surface area contributed by atoms with Crippen molar-refractivity contribution in [1.29, 1.82) is 0 Å². The molecule has 2 aromatic rings. The third-order valence-corrected chi connectivity index (χ3v) is 3.03. The van der Waals surface area contributed by atoms with Crippen LogP contribution in [0, 0.1) is 12.7 Å². The number of aryl methyl sites for hydroxylation is 1. The van der Waals surface area contributed by atoms with Crippen LogP contribution in [0.3, 0.4) is 0 Å². The van der Waals surface area contributed by atoms with Gasteiger partial charge < -0.3 is 10.6 Å². The van der Waals surface area contributed by atoms with Crippen LogP contribution in [-0.2, 0) is 6.54 Å². The van der Waals surface area contributed by atoms with E-state index in [9.17, 15) is 4.39 Å². The van der Waals surface area contributed by atoms with Crippen molar-refractivity contribution < 1.29 is 4.39 Å². The van der Waals surface area contributed by atoms with Crippen LogP contribution >= 0.6 is 0 Å². The van der Waals surface area contributed by atoms with E-state index in [-0.39, 0.29) is 5.82 Å². The van der Waals surface area contributed by atoms with Gasteiger partial charge >= 0.3 is 0 Å². The first-order chi connectivity index (χ1) is 8.63. The number of rotatable bonds is 3. The van der Waals surface area contributed by atoms with E-state index in [1.807, 2.05) is 43.1 Å². The van der Waals surface area contributed by atoms with Gasteiger partial charge in [-0.05, 0) is 30.7 Å². The first-order valence-corrected chi connectivity index (χ1v) is 5.91. The summed E-state index contributed by atoms with van der Waals surface area (Å²) in [6.45, 7) is 2.46. The maximum atomic E-state index is 13.8. The van der Waals surface area contributed by atoms with Crippen molar-refractivity contribution in [3.8, 4) is 0 Å². The minimum absolute atomic E-state index is 0.233. The Bertz CT molecular complexity index is 552. The molecule has 94 valence electrons. The largest absolute Gasteiger partial charge is 0.342 e. The molecule has 2 N–H and O–H groups in total. The zero-order valence-electron chi connectivity index (χ0n) is 10.7. The maximum Gasteiger partial charge on any atom is 0.146 e. The second-order valence-electron chi connectivity index (χ2n) is 4.35. The average Bonchev–Trinajstić information content (AvgIpc) is 2.38. The average molecular weight is 244 g/mol. The van der Waals surface area contributed by atoms with E-state index < -0.39 is 0 Å². The number of nitrogens with zero attached hydrogens (tertiary/aromatic N) is 1. The molecule has 2 nitrogen and oxygen atoms in total. The Balaban J connectivity index is 2.46. The quantitative estimate of drug-likeness (QED) is 0.897. The minimum atomic E-state index is -0.233. The minimum Gasteiger partial charge on any atom is -0.342 e. The van der Waals surface area contributed by atoms with Crippen LogP contribution in [-0.4, -0.2) is 7.05 Å². The number of hydrogen-bond donors (Lipinski definition) is 1. The zero-order chi connectivity index (χ0) is 13.1. The SMILES string of the molecule is Cc1ccc(N(C)c2ccccc2F)c(CN)c1. The Morgan fingerprint density at radius 2 is 1.83 bits per heavy atom. The van der Waals surface area contributed by atoms with Gasteiger partial charge in [-0.15, -0.1) is 0 Å². The fraction of sp³-hybridized carbons (Fsp3) is 0.200. The third-order valence-electron chi connectivity index (χ3n) is 3.03. The fourth-order valence-corrected chi connectivity index (χ4v) is 2.06. The Hall–Kier alpha value is -1.87. The topological polar surface area (TPSA) is 29.3 Å². The molecule has 0 fully saturated rings. The summed E-state index contributed by atoms with van der Waals surface area (Å²) >= 11 is 0. The van der Waals surface area contributed by atoms with E-state index in [4.69, 9.17) is 5.73 Å². The molecule has 0 saturated heterocycles. The number of anilines is 2. The summed E-state index contributed by atoms with van der Waals surface area (Å²) in [5.74, 6) is -0.233. The lowest BCUT2D eigenvalue weighted by Crippen LogP contribution is -2.14. The van der Waals surface area contributed by atoms with Crippen LogP contribution in [0.2, 0.25) is 0 Å². The van der Waals surface area contributed by atoms with Gasteiger partial charge in [0.05, 0.1) is 5.69 Å². The molecule has 0 heterocycles. The molecule has 2 aromatic carbocycles. The van der Waals surface area contributed by atoms with Crippen molar-refractivity contribution in [2.75, 3.05) is 11.9 Å². The van der Waals surface area contributed by atoms with Gasteiger partial charge in [0.25, 0.3) is 0 Å². The van der Waals surface area contributed by atoms with Gasteiger partial charge in [-0.25, -0.2) is 4.39 Å². The van der Waals surface area contributed by atoms with Gasteiger partial charge in [0.15, 0.2) is 0 Å². The molecule has 0 aromatic heterocycles. The van der Waals surface area contributed by atoms with Gasteiger partial charge in [-0.1, -0.05) is 29.8 Å². The van der Waals surface area contributed by atoms with Crippen LogP contribution in [0.5, 0.6) is 0 Å². The van der Waals surface area contributed by atoms with Crippen molar-refractivity contribution in [1.82, 2.24) is 0 Å². The molecule has 0 aliphatic heterocycles. The Kier molecular flexibility index (Phi) is 3.63. The van der Waals surface area contributed by atoms with E-state index in [1.54, 1.807) is 12.1 Å². The summed E-state index contributed by atoms with van der Waals surface area (Å²) in [7, 11) is 1.85. The summed E-state index contributed by atoms with van der Waals surface area (Å²) in [6.07, 6.45) is 0. The van der Waals surface area contributed by atoms with Crippen LogP contribution < -0.4 is 10.6 Å². The van der Waals surface area contributed by atoms with Gasteiger partial charge in [-0.3, -0.25) is 0 Å². The van der Waals surface area contributed by atoms with Crippen molar-refractivity contribution in [2.24, 2.45) is 5.73 Å². The zero-order valence-corrected chi connectivity index (χ0v) is 10.7. The molecular formula is C15H17FN2. The van der Waals surface area contributed by atoms with Crippen LogP contribution in [0.1, 0.15) is 11.1 Å². The summed E-state index contributed by atoms with van der Waals surface area (Å²) < 4.78 is 13.8. The monoisotopic (exact) mass is 244 g/mol. The molecule has 0 saturated carbocycles. The number of hydrogen-bond acceptors (Lipinski definition) is 2. The number of nitrogens with two attached hydrogens (primary N) is 1. The molecule has 3 heteroatoms. The third kappa shape index (κ3) is 2.36. The Morgan fingerprint density at radius 3 is 2.50 bits per heavy atom. The van der Waals surface area contributed by atoms with E-state index in [2.05, 4.69) is 0 Å². The Labute approximate surface area is 107 Å². The highest BCUT2D eigenvalue weighted by Crippen LogP contribution is 2.29. The lowest BCUT2D eigenvalue weighted by molar-refractivity contribution is 0.627. The smallest absolute Gasteiger partial charge is 0.146 e. The summed E-state index contributed by atoms with van der Waals surface area (Å²) in [5.41, 5.74) is 9.41. The van der Waals surface area contributed by atoms with Crippen molar-refractivity contribution in [3.63, 3.8) is 0 Å². The number of halogens is 1. The molecule has 0 amide bonds. The molecule has 0 spiro atoms. The lowest BCUT2D eigenvalue weighted by Gasteiger charge is -2.23. The molecular weight excluding hydrogens is 227 g/mol. The standard InChI is InChI=1S/C15H17FN2/c1-11-7-8-14(12(9-11)10-17)18(2)15-6-4-3-5-13(15)16/h3-9H,10,17H2,1-2H3. The summed E-state index contributed by atoms with van der Waals surface area (Å²) in [4.78, 5) is 1.83. The van der Waals surface area contributed by atoms with Gasteiger partial charge in [0.2, 0.25) is 0 Å². The maximum absolute atomic E-state index is 13.8. The van der Waals surface area contributed by atoms with Crippen molar-refractivity contribution >= 4 is 11.4 Å². The van der Waals surface area contributed by atoms with Crippen LogP contribution in [0.15, 0.2) is 42.5 Å². The molecule has 0 aliphatic rings. The van der Waals surface area contributed by atoms with E-state index in [1.165, 1.54) is 6.07 Å².